The molecule has 0 aliphatic carbocycles. The molecule has 0 radical (unpaired) electrons. The predicted molar refractivity (Wildman–Crippen MR) is 134 cm³/mol. The molecule has 1 aromatic carbocycles. The van der Waals surface area contributed by atoms with E-state index in [0.29, 0.717) is 18.4 Å². The van der Waals surface area contributed by atoms with E-state index in [9.17, 15) is 19.2 Å². The Labute approximate surface area is 214 Å². The van der Waals surface area contributed by atoms with Crippen LogP contribution in [-0.2, 0) is 35.1 Å². The molecule has 0 heterocycles. The maximum atomic E-state index is 12.6. The average Bonchev–Trinajstić information content (AvgIpc) is 2.82. The molecular formula is C27H41NO8. The van der Waals surface area contributed by atoms with E-state index in [1.54, 1.807) is 26.8 Å². The van der Waals surface area contributed by atoms with Crippen molar-refractivity contribution < 1.29 is 38.1 Å². The molecule has 1 aromatic rings. The van der Waals surface area contributed by atoms with Crippen molar-refractivity contribution in [1.82, 2.24) is 0 Å². The fourth-order valence-corrected chi connectivity index (χ4v) is 3.50. The molecule has 1 rings (SSSR count). The van der Waals surface area contributed by atoms with E-state index in [-0.39, 0.29) is 43.1 Å². The molecule has 202 valence electrons. The minimum absolute atomic E-state index is 0.00676. The molecule has 1 unspecified atom stereocenters. The number of unbranched alkanes of at least 4 members (excludes halogenated alkanes) is 2. The number of hydrogen-bond acceptors (Lipinski definition) is 9. The fourth-order valence-electron chi connectivity index (χ4n) is 3.50. The third-order valence-corrected chi connectivity index (χ3v) is 5.48. The quantitative estimate of drug-likeness (QED) is 0.273. The summed E-state index contributed by atoms with van der Waals surface area (Å²) in [6.07, 6.45) is 2.82. The first kappa shape index (κ1) is 31.1. The number of ether oxygens (including phenoxy) is 4. The normalized spacial score (nSPS) is 13.4. The van der Waals surface area contributed by atoms with Gasteiger partial charge in [0.1, 0.15) is 11.6 Å². The summed E-state index contributed by atoms with van der Waals surface area (Å²) in [5.74, 6) is -2.10. The molecule has 9 heteroatoms. The second kappa shape index (κ2) is 15.2. The lowest BCUT2D eigenvalue weighted by Gasteiger charge is -2.29. The lowest BCUT2D eigenvalue weighted by Crippen LogP contribution is -2.53. The largest absolute Gasteiger partial charge is 0.468 e. The molecule has 0 aliphatic rings. The Bertz CT molecular complexity index is 898. The van der Waals surface area contributed by atoms with Crippen molar-refractivity contribution in [3.63, 3.8) is 0 Å². The van der Waals surface area contributed by atoms with Gasteiger partial charge in [0, 0.05) is 25.7 Å². The zero-order chi connectivity index (χ0) is 27.3. The third-order valence-electron chi connectivity index (χ3n) is 5.48. The highest BCUT2D eigenvalue weighted by Crippen LogP contribution is 2.32. The van der Waals surface area contributed by atoms with E-state index in [2.05, 4.69) is 0 Å². The van der Waals surface area contributed by atoms with Gasteiger partial charge in [0.15, 0.2) is 11.5 Å². The smallest absolute Gasteiger partial charge is 0.326 e. The van der Waals surface area contributed by atoms with Gasteiger partial charge < -0.3 is 24.7 Å². The Morgan fingerprint density at radius 3 is 1.97 bits per heavy atom. The maximum Gasteiger partial charge on any atom is 0.326 e. The van der Waals surface area contributed by atoms with Crippen LogP contribution in [-0.4, -0.2) is 42.6 Å². The van der Waals surface area contributed by atoms with Crippen molar-refractivity contribution in [3.05, 3.63) is 23.8 Å². The summed E-state index contributed by atoms with van der Waals surface area (Å²) in [6.45, 7) is 9.01. The van der Waals surface area contributed by atoms with Gasteiger partial charge in [-0.15, -0.1) is 0 Å². The summed E-state index contributed by atoms with van der Waals surface area (Å²) >= 11 is 0. The van der Waals surface area contributed by atoms with E-state index in [4.69, 9.17) is 24.7 Å². The first-order valence-electron chi connectivity index (χ1n) is 12.6. The van der Waals surface area contributed by atoms with Crippen LogP contribution in [0.5, 0.6) is 11.5 Å². The van der Waals surface area contributed by atoms with Gasteiger partial charge >= 0.3 is 23.9 Å². The fraction of sp³-hybridized carbons (Fsp3) is 0.630. The molecule has 2 N–H and O–H groups in total. The molecule has 0 bridgehead atoms. The number of esters is 4. The van der Waals surface area contributed by atoms with Crippen molar-refractivity contribution in [3.8, 4) is 11.5 Å². The van der Waals surface area contributed by atoms with Crippen molar-refractivity contribution >= 4 is 23.9 Å². The number of methoxy groups -OCH3 is 1. The topological polar surface area (TPSA) is 131 Å². The predicted octanol–water partition coefficient (Wildman–Crippen LogP) is 4.27. The Kier molecular flexibility index (Phi) is 13.2. The van der Waals surface area contributed by atoms with E-state index in [1.165, 1.54) is 19.2 Å². The van der Waals surface area contributed by atoms with E-state index in [1.807, 2.05) is 13.8 Å². The summed E-state index contributed by atoms with van der Waals surface area (Å²) in [7, 11) is 1.23. The Morgan fingerprint density at radius 2 is 1.47 bits per heavy atom. The molecular weight excluding hydrogens is 466 g/mol. The molecule has 0 fully saturated rings. The number of nitrogens with two attached hydrogens (primary N) is 1. The van der Waals surface area contributed by atoms with Crippen LogP contribution < -0.4 is 15.2 Å². The zero-order valence-electron chi connectivity index (χ0n) is 22.4. The SMILES string of the molecule is CCCCC(=O)Oc1ccc(C[C@](N)(CC(C)OC(=O)C(C)C)C(=O)OC)cc1OC(=O)CCCC. The number of hydrogen-bond donors (Lipinski definition) is 1. The number of benzene rings is 1. The highest BCUT2D eigenvalue weighted by atomic mass is 16.6. The molecule has 0 saturated carbocycles. The highest BCUT2D eigenvalue weighted by Gasteiger charge is 2.38. The van der Waals surface area contributed by atoms with Gasteiger partial charge in [0.05, 0.1) is 13.0 Å². The second-order valence-corrected chi connectivity index (χ2v) is 9.37. The molecule has 0 aliphatic heterocycles. The summed E-state index contributed by atoms with van der Waals surface area (Å²) in [6, 6.07) is 4.68. The number of carbonyl (C=O) groups excluding carboxylic acids is 4. The lowest BCUT2D eigenvalue weighted by molar-refractivity contribution is -0.157. The van der Waals surface area contributed by atoms with E-state index < -0.39 is 35.5 Å². The minimum Gasteiger partial charge on any atom is -0.468 e. The van der Waals surface area contributed by atoms with Gasteiger partial charge in [-0.25, -0.2) is 0 Å². The van der Waals surface area contributed by atoms with Crippen molar-refractivity contribution in [2.24, 2.45) is 11.7 Å². The van der Waals surface area contributed by atoms with Crippen LogP contribution in [0.25, 0.3) is 0 Å². The number of carbonyl (C=O) groups is 4. The van der Waals surface area contributed by atoms with Crippen LogP contribution >= 0.6 is 0 Å². The van der Waals surface area contributed by atoms with Crippen LogP contribution in [0.4, 0.5) is 0 Å². The van der Waals surface area contributed by atoms with Crippen molar-refractivity contribution in [2.45, 2.75) is 97.6 Å². The first-order chi connectivity index (χ1) is 16.9. The minimum atomic E-state index is -1.52. The molecule has 0 saturated heterocycles. The first-order valence-corrected chi connectivity index (χ1v) is 12.6. The Balaban J connectivity index is 3.22. The molecule has 0 spiro atoms. The third kappa shape index (κ3) is 10.4. The van der Waals surface area contributed by atoms with Crippen molar-refractivity contribution in [2.75, 3.05) is 7.11 Å². The molecule has 36 heavy (non-hydrogen) atoms. The van der Waals surface area contributed by atoms with E-state index >= 15 is 0 Å². The van der Waals surface area contributed by atoms with Crippen LogP contribution in [0.15, 0.2) is 18.2 Å². The standard InChI is InChI=1S/C27H41NO8/c1-7-9-11-23(29)35-21-14-13-20(15-22(21)36-24(30)12-10-8-2)17-27(28,26(32)33-6)16-19(5)34-25(31)18(3)4/h13-15,18-19H,7-12,16-17,28H2,1-6H3/t19?,27-/m1/s1. The van der Waals surface area contributed by atoms with Gasteiger partial charge in [-0.05, 0) is 37.5 Å². The lowest BCUT2D eigenvalue weighted by atomic mass is 9.86. The Hall–Kier alpha value is -2.94. The summed E-state index contributed by atoms with van der Waals surface area (Å²) in [4.78, 5) is 49.1. The van der Waals surface area contributed by atoms with Crippen LogP contribution in [0.1, 0.15) is 85.1 Å². The van der Waals surface area contributed by atoms with Gasteiger partial charge in [-0.3, -0.25) is 19.2 Å². The number of rotatable bonds is 15. The van der Waals surface area contributed by atoms with Crippen LogP contribution in [0.3, 0.4) is 0 Å². The summed E-state index contributed by atoms with van der Waals surface area (Å²) in [5.41, 5.74) is 5.50. The monoisotopic (exact) mass is 507 g/mol. The molecule has 0 aromatic heterocycles. The van der Waals surface area contributed by atoms with Gasteiger partial charge in [-0.2, -0.15) is 0 Å². The zero-order valence-corrected chi connectivity index (χ0v) is 22.4. The average molecular weight is 508 g/mol. The van der Waals surface area contributed by atoms with Gasteiger partial charge in [0.25, 0.3) is 0 Å². The molecule has 2 atom stereocenters. The highest BCUT2D eigenvalue weighted by molar-refractivity contribution is 5.81. The van der Waals surface area contributed by atoms with Gasteiger partial charge in [-0.1, -0.05) is 46.6 Å². The Morgan fingerprint density at radius 1 is 0.917 bits per heavy atom. The second-order valence-electron chi connectivity index (χ2n) is 9.37. The molecule has 9 nitrogen and oxygen atoms in total. The summed E-state index contributed by atoms with van der Waals surface area (Å²) in [5, 5.41) is 0. The summed E-state index contributed by atoms with van der Waals surface area (Å²) < 4.78 is 21.3. The van der Waals surface area contributed by atoms with E-state index in [0.717, 1.165) is 12.8 Å². The molecule has 0 amide bonds. The maximum absolute atomic E-state index is 12.6. The van der Waals surface area contributed by atoms with Gasteiger partial charge in [0.2, 0.25) is 0 Å². The van der Waals surface area contributed by atoms with Crippen molar-refractivity contribution in [1.29, 1.82) is 0 Å². The van der Waals surface area contributed by atoms with Crippen LogP contribution in [0, 0.1) is 5.92 Å². The van der Waals surface area contributed by atoms with Crippen LogP contribution in [0.2, 0.25) is 0 Å².